The fourth-order valence-corrected chi connectivity index (χ4v) is 6.03. The van der Waals surface area contributed by atoms with Crippen LogP contribution >= 0.6 is 0 Å². The van der Waals surface area contributed by atoms with E-state index in [4.69, 9.17) is 11.5 Å². The molecular weight excluding hydrogens is 582 g/mol. The molecule has 4 aromatic rings. The second-order valence-electron chi connectivity index (χ2n) is 10.4. The Morgan fingerprint density at radius 3 is 2.49 bits per heavy atom. The average molecular weight is 613 g/mol. The van der Waals surface area contributed by atoms with Gasteiger partial charge in [-0.15, -0.1) is 0 Å². The van der Waals surface area contributed by atoms with Gasteiger partial charge in [0.15, 0.2) is 0 Å². The van der Waals surface area contributed by atoms with Gasteiger partial charge in [0.05, 0.1) is 0 Å². The standard InChI is InChI=1S/C31H30AsFN6O2/c32-31(13-12-19-4-5-19,22-8-6-20(17-34)7-9-22)23-10-11-25(33)26(15-23)37-30(41)28-16-27(29(36)40)38-39(28)24-3-1-2-21(14-24)18-35/h1-3,6-11,14-16,19H,4-5,12-13,18,32,35H2,(H2,36,40)(H,37,41). The van der Waals surface area contributed by atoms with Gasteiger partial charge in [0.25, 0.3) is 0 Å². The topological polar surface area (TPSA) is 140 Å². The molecule has 1 aromatic heterocycles. The van der Waals surface area contributed by atoms with E-state index in [-0.39, 0.29) is 23.6 Å². The van der Waals surface area contributed by atoms with Crippen molar-refractivity contribution >= 4 is 34.4 Å². The molecule has 208 valence electrons. The summed E-state index contributed by atoms with van der Waals surface area (Å²) in [5.74, 6) is -1.34. The third kappa shape index (κ3) is 6.09. The molecule has 10 heteroatoms. The van der Waals surface area contributed by atoms with Crippen molar-refractivity contribution in [3.8, 4) is 11.8 Å². The number of benzene rings is 3. The first kappa shape index (κ1) is 28.3. The van der Waals surface area contributed by atoms with Crippen LogP contribution in [0.25, 0.3) is 5.69 Å². The van der Waals surface area contributed by atoms with Crippen LogP contribution in [-0.2, 0) is 10.7 Å². The number of amides is 2. The van der Waals surface area contributed by atoms with Gasteiger partial charge in [-0.25, -0.2) is 0 Å². The van der Waals surface area contributed by atoms with Gasteiger partial charge in [0.2, 0.25) is 0 Å². The maximum absolute atomic E-state index is 15.2. The summed E-state index contributed by atoms with van der Waals surface area (Å²) in [5.41, 5.74) is 15.0. The van der Waals surface area contributed by atoms with Gasteiger partial charge in [-0.2, -0.15) is 0 Å². The van der Waals surface area contributed by atoms with Crippen molar-refractivity contribution in [3.63, 3.8) is 0 Å². The van der Waals surface area contributed by atoms with Gasteiger partial charge in [-0.3, -0.25) is 0 Å². The molecule has 0 aliphatic heterocycles. The monoisotopic (exact) mass is 612 g/mol. The van der Waals surface area contributed by atoms with Crippen molar-refractivity contribution < 1.29 is 14.0 Å². The van der Waals surface area contributed by atoms with E-state index >= 15 is 4.39 Å². The molecule has 5 rings (SSSR count). The van der Waals surface area contributed by atoms with Crippen molar-refractivity contribution in [3.05, 3.63) is 112 Å². The summed E-state index contributed by atoms with van der Waals surface area (Å²) in [6.07, 6.45) is 4.33. The molecule has 1 aliphatic carbocycles. The molecule has 0 saturated heterocycles. The Labute approximate surface area is 246 Å². The SMILES string of the molecule is N#Cc1ccc(C([AsH2])(CCC2CC2)c2ccc(F)c(NC(=O)c3cc(C(N)=O)nn3-c3cccc(CN)c3)c2)cc1. The van der Waals surface area contributed by atoms with Crippen molar-refractivity contribution in [1.29, 1.82) is 5.26 Å². The van der Waals surface area contributed by atoms with Crippen LogP contribution in [-0.4, -0.2) is 38.4 Å². The van der Waals surface area contributed by atoms with E-state index in [0.29, 0.717) is 17.2 Å². The van der Waals surface area contributed by atoms with Gasteiger partial charge in [0, 0.05) is 0 Å². The summed E-state index contributed by atoms with van der Waals surface area (Å²) in [6, 6.07) is 22.8. The molecule has 2 amide bonds. The van der Waals surface area contributed by atoms with E-state index in [2.05, 4.69) is 16.5 Å². The number of carbonyl (C=O) groups excluding carboxylic acids is 2. The Hall–Kier alpha value is -4.25. The van der Waals surface area contributed by atoms with Gasteiger partial charge in [-0.1, -0.05) is 0 Å². The third-order valence-corrected chi connectivity index (χ3v) is 9.49. The molecule has 1 heterocycles. The first-order valence-electron chi connectivity index (χ1n) is 13.3. The van der Waals surface area contributed by atoms with Gasteiger partial charge in [0.1, 0.15) is 0 Å². The second kappa shape index (κ2) is 11.7. The van der Waals surface area contributed by atoms with Crippen molar-refractivity contribution in [2.45, 2.75) is 36.4 Å². The molecule has 3 aromatic carbocycles. The van der Waals surface area contributed by atoms with Crippen molar-refractivity contribution in [2.24, 2.45) is 17.4 Å². The van der Waals surface area contributed by atoms with E-state index in [1.165, 1.54) is 46.5 Å². The van der Waals surface area contributed by atoms with Crippen LogP contribution < -0.4 is 16.8 Å². The molecule has 0 radical (unpaired) electrons. The zero-order valence-corrected chi connectivity index (χ0v) is 24.7. The predicted molar refractivity (Wildman–Crippen MR) is 157 cm³/mol. The van der Waals surface area contributed by atoms with E-state index < -0.39 is 21.8 Å². The minimum atomic E-state index is -0.794. The second-order valence-corrected chi connectivity index (χ2v) is 12.4. The minimum absolute atomic E-state index is 0.0127. The van der Waals surface area contributed by atoms with Crippen LogP contribution in [0, 0.1) is 23.1 Å². The summed E-state index contributed by atoms with van der Waals surface area (Å²) in [7, 11) is 0. The van der Waals surface area contributed by atoms with Crippen LogP contribution in [0.15, 0.2) is 72.8 Å². The number of anilines is 1. The Morgan fingerprint density at radius 2 is 1.83 bits per heavy atom. The Balaban J connectivity index is 1.51. The molecule has 8 nitrogen and oxygen atoms in total. The fourth-order valence-electron chi connectivity index (χ4n) is 4.90. The number of hydrogen-bond donors (Lipinski definition) is 3. The number of nitrogens with zero attached hydrogens (tertiary/aromatic N) is 3. The number of carbonyl (C=O) groups is 2. The summed E-state index contributed by atoms with van der Waals surface area (Å²) in [6.45, 7) is 0.275. The molecule has 1 saturated carbocycles. The van der Waals surface area contributed by atoms with Crippen LogP contribution in [0.5, 0.6) is 0 Å². The predicted octanol–water partition coefficient (Wildman–Crippen LogP) is 3.76. The molecule has 1 aliphatic rings. The zero-order valence-electron chi connectivity index (χ0n) is 22.3. The van der Waals surface area contributed by atoms with Crippen LogP contribution in [0.3, 0.4) is 0 Å². The number of primary amides is 1. The maximum atomic E-state index is 15.2. The molecule has 0 spiro atoms. The van der Waals surface area contributed by atoms with Crippen LogP contribution in [0.1, 0.15) is 68.9 Å². The van der Waals surface area contributed by atoms with Crippen molar-refractivity contribution in [2.75, 3.05) is 5.32 Å². The van der Waals surface area contributed by atoms with Gasteiger partial charge >= 0.3 is 241 Å². The molecule has 41 heavy (non-hydrogen) atoms. The normalized spacial score (nSPS) is 14.2. The summed E-state index contributed by atoms with van der Waals surface area (Å²) >= 11 is 1.49. The molecule has 0 bridgehead atoms. The van der Waals surface area contributed by atoms with E-state index in [1.54, 1.807) is 42.5 Å². The Kier molecular flexibility index (Phi) is 8.07. The molecular formula is C31H30AsFN6O2. The van der Waals surface area contributed by atoms with E-state index in [9.17, 15) is 14.9 Å². The Morgan fingerprint density at radius 1 is 1.10 bits per heavy atom. The third-order valence-electron chi connectivity index (χ3n) is 7.49. The number of nitriles is 1. The summed E-state index contributed by atoms with van der Waals surface area (Å²) in [4.78, 5) is 25.5. The number of nitrogens with one attached hydrogen (secondary N) is 1. The Bertz CT molecular complexity index is 1660. The molecule has 2 unspecified atom stereocenters. The number of halogens is 1. The molecule has 1 fully saturated rings. The number of hydrogen-bond acceptors (Lipinski definition) is 5. The number of aromatic nitrogens is 2. The molecule has 5 N–H and O–H groups in total. The average Bonchev–Trinajstić information content (AvgIpc) is 3.71. The van der Waals surface area contributed by atoms with Gasteiger partial charge in [-0.05, 0) is 0 Å². The van der Waals surface area contributed by atoms with Gasteiger partial charge < -0.3 is 5.73 Å². The number of rotatable bonds is 10. The van der Waals surface area contributed by atoms with Crippen LogP contribution in [0.2, 0.25) is 0 Å². The number of nitrogens with two attached hydrogens (primary N) is 2. The zero-order chi connectivity index (χ0) is 29.1. The first-order valence-corrected chi connectivity index (χ1v) is 14.5. The quantitative estimate of drug-likeness (QED) is 0.234. The van der Waals surface area contributed by atoms with Crippen LogP contribution in [0.4, 0.5) is 10.1 Å². The fraction of sp³-hybridized carbons (Fsp3) is 0.226. The first-order chi connectivity index (χ1) is 19.7. The van der Waals surface area contributed by atoms with E-state index in [1.807, 2.05) is 18.2 Å². The van der Waals surface area contributed by atoms with E-state index in [0.717, 1.165) is 29.5 Å². The van der Waals surface area contributed by atoms with Crippen molar-refractivity contribution in [1.82, 2.24) is 9.78 Å². The summed E-state index contributed by atoms with van der Waals surface area (Å²) < 4.78 is 16.0. The summed E-state index contributed by atoms with van der Waals surface area (Å²) in [5, 5.41) is 16.2. The molecule has 2 atom stereocenters.